The maximum absolute atomic E-state index is 12.5. The highest BCUT2D eigenvalue weighted by molar-refractivity contribution is 7.12. The first-order chi connectivity index (χ1) is 13.1. The van der Waals surface area contributed by atoms with Crippen LogP contribution in [-0.2, 0) is 20.7 Å². The number of benzene rings is 1. The van der Waals surface area contributed by atoms with Gasteiger partial charge in [0.25, 0.3) is 11.8 Å². The van der Waals surface area contributed by atoms with E-state index < -0.39 is 12.0 Å². The lowest BCUT2D eigenvalue weighted by atomic mass is 10.1. The maximum atomic E-state index is 12.5. The standard InChI is InChI=1S/C20H22N2O4S/c23-18(21-11-10-15-6-2-1-3-7-15)14-26-20(25)16-8-4-12-22(16)19(24)17-9-5-13-27-17/h1-3,5-7,9,13,16H,4,8,10-12,14H2,(H,21,23)/t16-/m0/s1. The smallest absolute Gasteiger partial charge is 0.329 e. The molecule has 1 aliphatic heterocycles. The Labute approximate surface area is 162 Å². The number of esters is 1. The first kappa shape index (κ1) is 19.1. The summed E-state index contributed by atoms with van der Waals surface area (Å²) in [6.45, 7) is 0.678. The van der Waals surface area contributed by atoms with Crippen molar-refractivity contribution in [1.29, 1.82) is 0 Å². The number of hydrogen-bond donors (Lipinski definition) is 1. The number of amides is 2. The zero-order valence-corrected chi connectivity index (χ0v) is 15.7. The van der Waals surface area contributed by atoms with Crippen LogP contribution in [0.4, 0.5) is 0 Å². The molecule has 1 N–H and O–H groups in total. The van der Waals surface area contributed by atoms with Crippen LogP contribution >= 0.6 is 11.3 Å². The van der Waals surface area contributed by atoms with Crippen molar-refractivity contribution in [3.63, 3.8) is 0 Å². The summed E-state index contributed by atoms with van der Waals surface area (Å²) in [5.74, 6) is -1.01. The molecule has 1 saturated heterocycles. The Morgan fingerprint density at radius 1 is 1.15 bits per heavy atom. The summed E-state index contributed by atoms with van der Waals surface area (Å²) in [4.78, 5) is 38.9. The van der Waals surface area contributed by atoms with Gasteiger partial charge in [0.2, 0.25) is 0 Å². The van der Waals surface area contributed by atoms with Crippen molar-refractivity contribution in [2.75, 3.05) is 19.7 Å². The van der Waals surface area contributed by atoms with Crippen molar-refractivity contribution < 1.29 is 19.1 Å². The minimum Gasteiger partial charge on any atom is -0.454 e. The van der Waals surface area contributed by atoms with E-state index in [1.165, 1.54) is 11.3 Å². The van der Waals surface area contributed by atoms with E-state index in [0.29, 0.717) is 30.8 Å². The van der Waals surface area contributed by atoms with Gasteiger partial charge in [0.05, 0.1) is 4.88 Å². The third-order valence-corrected chi connectivity index (χ3v) is 5.30. The lowest BCUT2D eigenvalue weighted by molar-refractivity contribution is -0.152. The molecule has 2 heterocycles. The Kier molecular flexibility index (Phi) is 6.59. The summed E-state index contributed by atoms with van der Waals surface area (Å²) in [7, 11) is 0. The van der Waals surface area contributed by atoms with Gasteiger partial charge in [0.15, 0.2) is 6.61 Å². The third-order valence-electron chi connectivity index (χ3n) is 4.44. The minimum absolute atomic E-state index is 0.156. The van der Waals surface area contributed by atoms with Gasteiger partial charge in [0, 0.05) is 13.1 Å². The summed E-state index contributed by atoms with van der Waals surface area (Å²) < 4.78 is 5.15. The molecule has 27 heavy (non-hydrogen) atoms. The van der Waals surface area contributed by atoms with Crippen LogP contribution in [-0.4, -0.2) is 48.4 Å². The number of nitrogens with one attached hydrogen (secondary N) is 1. The van der Waals surface area contributed by atoms with Gasteiger partial charge in [-0.1, -0.05) is 36.4 Å². The molecule has 6 nitrogen and oxygen atoms in total. The Morgan fingerprint density at radius 3 is 2.70 bits per heavy atom. The molecule has 0 radical (unpaired) electrons. The van der Waals surface area contributed by atoms with Crippen LogP contribution in [0.25, 0.3) is 0 Å². The van der Waals surface area contributed by atoms with Crippen LogP contribution in [0, 0.1) is 0 Å². The van der Waals surface area contributed by atoms with Crippen LogP contribution in [0.2, 0.25) is 0 Å². The van der Waals surface area contributed by atoms with E-state index in [9.17, 15) is 14.4 Å². The number of carbonyl (C=O) groups excluding carboxylic acids is 3. The van der Waals surface area contributed by atoms with E-state index in [0.717, 1.165) is 12.0 Å². The second kappa shape index (κ2) is 9.32. The fourth-order valence-corrected chi connectivity index (χ4v) is 3.75. The van der Waals surface area contributed by atoms with Crippen molar-refractivity contribution in [2.24, 2.45) is 0 Å². The largest absolute Gasteiger partial charge is 0.454 e. The molecule has 0 saturated carbocycles. The molecule has 0 spiro atoms. The lowest BCUT2D eigenvalue weighted by Gasteiger charge is -2.22. The topological polar surface area (TPSA) is 75.7 Å². The SMILES string of the molecule is O=C(COC(=O)[C@@H]1CCCN1C(=O)c1cccs1)NCCc1ccccc1. The maximum Gasteiger partial charge on any atom is 0.329 e. The number of hydrogen-bond acceptors (Lipinski definition) is 5. The van der Waals surface area contributed by atoms with Crippen LogP contribution in [0.5, 0.6) is 0 Å². The van der Waals surface area contributed by atoms with E-state index in [-0.39, 0.29) is 18.4 Å². The average molecular weight is 386 g/mol. The van der Waals surface area contributed by atoms with Gasteiger partial charge in [-0.2, -0.15) is 0 Å². The number of nitrogens with zero attached hydrogens (tertiary/aromatic N) is 1. The van der Waals surface area contributed by atoms with Gasteiger partial charge in [-0.15, -0.1) is 11.3 Å². The molecular formula is C20H22N2O4S. The quantitative estimate of drug-likeness (QED) is 0.741. The highest BCUT2D eigenvalue weighted by Gasteiger charge is 2.36. The molecule has 2 aromatic rings. The summed E-state index contributed by atoms with van der Waals surface area (Å²) in [5, 5.41) is 4.57. The van der Waals surface area contributed by atoms with Crippen molar-refractivity contribution in [2.45, 2.75) is 25.3 Å². The normalized spacial score (nSPS) is 16.1. The van der Waals surface area contributed by atoms with Gasteiger partial charge in [-0.25, -0.2) is 4.79 Å². The number of likely N-dealkylation sites (tertiary alicyclic amines) is 1. The molecular weight excluding hydrogens is 364 g/mol. The van der Waals surface area contributed by atoms with E-state index in [1.807, 2.05) is 35.7 Å². The second-order valence-electron chi connectivity index (χ2n) is 6.33. The van der Waals surface area contributed by atoms with Gasteiger partial charge in [0.1, 0.15) is 6.04 Å². The molecule has 1 aliphatic rings. The number of carbonyl (C=O) groups is 3. The highest BCUT2D eigenvalue weighted by atomic mass is 32.1. The van der Waals surface area contributed by atoms with Crippen LogP contribution in [0.15, 0.2) is 47.8 Å². The molecule has 0 bridgehead atoms. The Morgan fingerprint density at radius 2 is 1.96 bits per heavy atom. The van der Waals surface area contributed by atoms with Crippen molar-refractivity contribution in [3.05, 3.63) is 58.3 Å². The van der Waals surface area contributed by atoms with Gasteiger partial charge in [-0.05, 0) is 36.3 Å². The number of ether oxygens (including phenoxy) is 1. The predicted octanol–water partition coefficient (Wildman–Crippen LogP) is 2.25. The molecule has 7 heteroatoms. The summed E-state index contributed by atoms with van der Waals surface area (Å²) >= 11 is 1.35. The Bertz CT molecular complexity index is 777. The molecule has 1 aromatic carbocycles. The van der Waals surface area contributed by atoms with E-state index in [4.69, 9.17) is 4.74 Å². The molecule has 1 aromatic heterocycles. The van der Waals surface area contributed by atoms with Crippen molar-refractivity contribution in [3.8, 4) is 0 Å². The lowest BCUT2D eigenvalue weighted by Crippen LogP contribution is -2.42. The fourth-order valence-electron chi connectivity index (χ4n) is 3.07. The Balaban J connectivity index is 1.42. The third kappa shape index (κ3) is 5.17. The molecule has 0 aliphatic carbocycles. The first-order valence-electron chi connectivity index (χ1n) is 8.97. The first-order valence-corrected chi connectivity index (χ1v) is 9.85. The molecule has 1 fully saturated rings. The Hall–Kier alpha value is -2.67. The van der Waals surface area contributed by atoms with Gasteiger partial charge >= 0.3 is 5.97 Å². The average Bonchev–Trinajstić information content (AvgIpc) is 3.38. The highest BCUT2D eigenvalue weighted by Crippen LogP contribution is 2.23. The molecule has 2 amide bonds. The summed E-state index contributed by atoms with van der Waals surface area (Å²) in [5.41, 5.74) is 1.13. The zero-order valence-electron chi connectivity index (χ0n) is 14.9. The van der Waals surface area contributed by atoms with Crippen molar-refractivity contribution in [1.82, 2.24) is 10.2 Å². The van der Waals surface area contributed by atoms with Gasteiger partial charge < -0.3 is 15.0 Å². The molecule has 0 unspecified atom stereocenters. The van der Waals surface area contributed by atoms with Crippen LogP contribution < -0.4 is 5.32 Å². The predicted molar refractivity (Wildman–Crippen MR) is 102 cm³/mol. The van der Waals surface area contributed by atoms with Crippen LogP contribution in [0.1, 0.15) is 28.1 Å². The van der Waals surface area contributed by atoms with Crippen molar-refractivity contribution >= 4 is 29.1 Å². The van der Waals surface area contributed by atoms with Crippen LogP contribution in [0.3, 0.4) is 0 Å². The molecule has 142 valence electrons. The number of rotatable bonds is 7. The fraction of sp³-hybridized carbons (Fsp3) is 0.350. The summed E-state index contributed by atoms with van der Waals surface area (Å²) in [6, 6.07) is 12.8. The van der Waals surface area contributed by atoms with E-state index >= 15 is 0 Å². The zero-order chi connectivity index (χ0) is 19.1. The monoisotopic (exact) mass is 386 g/mol. The molecule has 1 atom stereocenters. The second-order valence-corrected chi connectivity index (χ2v) is 7.27. The van der Waals surface area contributed by atoms with E-state index in [1.54, 1.807) is 17.0 Å². The molecule has 3 rings (SSSR count). The van der Waals surface area contributed by atoms with Gasteiger partial charge in [-0.3, -0.25) is 9.59 Å². The van der Waals surface area contributed by atoms with E-state index in [2.05, 4.69) is 5.32 Å². The summed E-state index contributed by atoms with van der Waals surface area (Å²) in [6.07, 6.45) is 2.03. The number of thiophene rings is 1. The minimum atomic E-state index is -0.614.